The van der Waals surface area contributed by atoms with E-state index in [1.165, 1.54) is 12.1 Å². The largest absolute Gasteiger partial charge is 0.327 e. The second-order valence-electron chi connectivity index (χ2n) is 6.22. The molecule has 2 amide bonds. The van der Waals surface area contributed by atoms with E-state index in [1.54, 1.807) is 34.1 Å². The summed E-state index contributed by atoms with van der Waals surface area (Å²) in [6.45, 7) is 0.946. The summed E-state index contributed by atoms with van der Waals surface area (Å²) in [6.07, 6.45) is 1.53. The van der Waals surface area contributed by atoms with E-state index in [4.69, 9.17) is 0 Å². The summed E-state index contributed by atoms with van der Waals surface area (Å²) < 4.78 is 13.1. The predicted molar refractivity (Wildman–Crippen MR) is 88.1 cm³/mol. The molecule has 1 atom stereocenters. The molecule has 2 heterocycles. The summed E-state index contributed by atoms with van der Waals surface area (Å²) >= 11 is 0. The molecule has 0 bridgehead atoms. The number of fused-ring (bicyclic) bond motifs is 2. The Hall–Kier alpha value is -2.69. The molecule has 2 aromatic rings. The third-order valence-electron chi connectivity index (χ3n) is 4.74. The van der Waals surface area contributed by atoms with Gasteiger partial charge in [0.1, 0.15) is 11.9 Å². The van der Waals surface area contributed by atoms with Crippen LogP contribution in [-0.4, -0.2) is 29.3 Å². The number of hydrogen-bond acceptors (Lipinski definition) is 2. The molecule has 4 nitrogen and oxygen atoms in total. The molecule has 1 fully saturated rings. The highest BCUT2D eigenvalue weighted by atomic mass is 19.1. The van der Waals surface area contributed by atoms with Gasteiger partial charge in [-0.05, 0) is 42.7 Å². The summed E-state index contributed by atoms with van der Waals surface area (Å²) in [5.74, 6) is -0.448. The van der Waals surface area contributed by atoms with Gasteiger partial charge in [-0.15, -0.1) is 0 Å². The molecule has 24 heavy (non-hydrogen) atoms. The summed E-state index contributed by atoms with van der Waals surface area (Å²) in [5, 5.41) is 0. The van der Waals surface area contributed by atoms with Crippen LogP contribution in [0.2, 0.25) is 0 Å². The van der Waals surface area contributed by atoms with Crippen LogP contribution in [-0.2, 0) is 11.3 Å². The maximum Gasteiger partial charge on any atom is 0.256 e. The van der Waals surface area contributed by atoms with Crippen molar-refractivity contribution in [2.45, 2.75) is 25.4 Å². The maximum atomic E-state index is 13.1. The second kappa shape index (κ2) is 5.74. The molecule has 0 N–H and O–H groups in total. The van der Waals surface area contributed by atoms with E-state index in [9.17, 15) is 14.0 Å². The number of halogens is 1. The zero-order valence-electron chi connectivity index (χ0n) is 13.1. The van der Waals surface area contributed by atoms with E-state index >= 15 is 0 Å². The van der Waals surface area contributed by atoms with Gasteiger partial charge < -0.3 is 9.80 Å². The predicted octanol–water partition coefficient (Wildman–Crippen LogP) is 2.98. The molecular formula is C19H17FN2O2. The number of carbonyl (C=O) groups excluding carboxylic acids is 2. The van der Waals surface area contributed by atoms with Gasteiger partial charge in [0.05, 0.1) is 17.8 Å². The number of benzene rings is 2. The Bertz CT molecular complexity index is 803. The Morgan fingerprint density at radius 3 is 2.58 bits per heavy atom. The van der Waals surface area contributed by atoms with E-state index in [-0.39, 0.29) is 17.6 Å². The minimum absolute atomic E-state index is 0.0601. The average Bonchev–Trinajstić information content (AvgIpc) is 3.07. The fraction of sp³-hybridized carbons (Fsp3) is 0.263. The first-order valence-electron chi connectivity index (χ1n) is 8.11. The third kappa shape index (κ3) is 2.37. The molecule has 2 aliphatic heterocycles. The molecule has 2 aromatic carbocycles. The van der Waals surface area contributed by atoms with Gasteiger partial charge in [0.25, 0.3) is 5.91 Å². The number of nitrogens with zero attached hydrogens (tertiary/aromatic N) is 2. The highest BCUT2D eigenvalue weighted by Crippen LogP contribution is 2.33. The summed E-state index contributed by atoms with van der Waals surface area (Å²) in [7, 11) is 0. The van der Waals surface area contributed by atoms with E-state index in [0.29, 0.717) is 30.8 Å². The molecule has 0 aromatic heterocycles. The highest BCUT2D eigenvalue weighted by molar-refractivity contribution is 6.11. The van der Waals surface area contributed by atoms with Gasteiger partial charge in [0.2, 0.25) is 5.91 Å². The van der Waals surface area contributed by atoms with Gasteiger partial charge in [0.15, 0.2) is 0 Å². The zero-order valence-corrected chi connectivity index (χ0v) is 13.1. The topological polar surface area (TPSA) is 40.6 Å². The van der Waals surface area contributed by atoms with Gasteiger partial charge in [-0.2, -0.15) is 0 Å². The van der Waals surface area contributed by atoms with Gasteiger partial charge in [0, 0.05) is 6.54 Å². The maximum absolute atomic E-state index is 13.1. The van der Waals surface area contributed by atoms with Crippen LogP contribution in [0.4, 0.5) is 10.1 Å². The minimum atomic E-state index is -0.398. The van der Waals surface area contributed by atoms with Gasteiger partial charge in [-0.1, -0.05) is 24.3 Å². The molecule has 0 spiro atoms. The minimum Gasteiger partial charge on any atom is -0.327 e. The Morgan fingerprint density at radius 1 is 1.04 bits per heavy atom. The Morgan fingerprint density at radius 2 is 1.79 bits per heavy atom. The van der Waals surface area contributed by atoms with Crippen molar-refractivity contribution in [2.24, 2.45) is 0 Å². The number of carbonyl (C=O) groups is 2. The zero-order chi connectivity index (χ0) is 16.7. The number of anilines is 1. The smallest absolute Gasteiger partial charge is 0.256 e. The first kappa shape index (κ1) is 14.9. The van der Waals surface area contributed by atoms with Crippen LogP contribution in [0.15, 0.2) is 48.5 Å². The Balaban J connectivity index is 1.78. The SMILES string of the molecule is O=C1[C@H]2CCCN2C(=O)c2ccccc2N1Cc1ccc(F)cc1. The van der Waals surface area contributed by atoms with E-state index < -0.39 is 6.04 Å². The lowest BCUT2D eigenvalue weighted by Crippen LogP contribution is -2.44. The van der Waals surface area contributed by atoms with Crippen molar-refractivity contribution in [3.63, 3.8) is 0 Å². The summed E-state index contributed by atoms with van der Waals surface area (Å²) in [5.41, 5.74) is 2.02. The molecule has 0 radical (unpaired) electrons. The van der Waals surface area contributed by atoms with Crippen LogP contribution in [0, 0.1) is 5.82 Å². The van der Waals surface area contributed by atoms with Crippen molar-refractivity contribution >= 4 is 17.5 Å². The molecule has 5 heteroatoms. The highest BCUT2D eigenvalue weighted by Gasteiger charge is 2.41. The van der Waals surface area contributed by atoms with Crippen LogP contribution < -0.4 is 4.90 Å². The van der Waals surface area contributed by atoms with Crippen LogP contribution in [0.3, 0.4) is 0 Å². The Labute approximate surface area is 139 Å². The molecule has 0 unspecified atom stereocenters. The first-order chi connectivity index (χ1) is 11.6. The third-order valence-corrected chi connectivity index (χ3v) is 4.74. The molecule has 2 aliphatic rings. The molecule has 0 aliphatic carbocycles. The van der Waals surface area contributed by atoms with Crippen molar-refractivity contribution in [3.05, 3.63) is 65.5 Å². The quantitative estimate of drug-likeness (QED) is 0.852. The number of hydrogen-bond donors (Lipinski definition) is 0. The van der Waals surface area contributed by atoms with E-state index in [0.717, 1.165) is 12.0 Å². The van der Waals surface area contributed by atoms with Gasteiger partial charge >= 0.3 is 0 Å². The van der Waals surface area contributed by atoms with Crippen LogP contribution in [0.25, 0.3) is 0 Å². The molecule has 4 rings (SSSR count). The normalized spacial score (nSPS) is 20.0. The lowest BCUT2D eigenvalue weighted by molar-refractivity contribution is -0.122. The van der Waals surface area contributed by atoms with E-state index in [2.05, 4.69) is 0 Å². The van der Waals surface area contributed by atoms with Crippen molar-refractivity contribution < 1.29 is 14.0 Å². The van der Waals surface area contributed by atoms with Crippen molar-refractivity contribution in [2.75, 3.05) is 11.4 Å². The second-order valence-corrected chi connectivity index (χ2v) is 6.22. The molecular weight excluding hydrogens is 307 g/mol. The van der Waals surface area contributed by atoms with Crippen molar-refractivity contribution in [1.82, 2.24) is 4.90 Å². The number of amides is 2. The standard InChI is InChI=1S/C19H17FN2O2/c20-14-9-7-13(8-10-14)12-22-16-5-2-1-4-15(16)18(23)21-11-3-6-17(21)19(22)24/h1-2,4-5,7-10,17H,3,6,11-12H2/t17-/m1/s1. The molecule has 122 valence electrons. The first-order valence-corrected chi connectivity index (χ1v) is 8.11. The Kier molecular flexibility index (Phi) is 3.56. The molecule has 0 saturated carbocycles. The fourth-order valence-electron chi connectivity index (χ4n) is 3.55. The molecule has 1 saturated heterocycles. The summed E-state index contributed by atoms with van der Waals surface area (Å²) in [4.78, 5) is 29.2. The monoisotopic (exact) mass is 324 g/mol. The van der Waals surface area contributed by atoms with Crippen molar-refractivity contribution in [3.8, 4) is 0 Å². The van der Waals surface area contributed by atoms with Crippen LogP contribution in [0.1, 0.15) is 28.8 Å². The van der Waals surface area contributed by atoms with Gasteiger partial charge in [-0.3, -0.25) is 9.59 Å². The van der Waals surface area contributed by atoms with Gasteiger partial charge in [-0.25, -0.2) is 4.39 Å². The van der Waals surface area contributed by atoms with Crippen LogP contribution >= 0.6 is 0 Å². The lowest BCUT2D eigenvalue weighted by Gasteiger charge is -2.26. The summed E-state index contributed by atoms with van der Waals surface area (Å²) in [6, 6.07) is 12.9. The number of rotatable bonds is 2. The van der Waals surface area contributed by atoms with Crippen molar-refractivity contribution in [1.29, 1.82) is 0 Å². The lowest BCUT2D eigenvalue weighted by atomic mass is 10.1. The number of para-hydroxylation sites is 1. The average molecular weight is 324 g/mol. The van der Waals surface area contributed by atoms with Crippen LogP contribution in [0.5, 0.6) is 0 Å². The van der Waals surface area contributed by atoms with E-state index in [1.807, 2.05) is 12.1 Å². The fourth-order valence-corrected chi connectivity index (χ4v) is 3.55.